The largest absolute Gasteiger partial charge is 0.507 e. The van der Waals surface area contributed by atoms with Gasteiger partial charge in [0.1, 0.15) is 5.75 Å². The second-order valence-electron chi connectivity index (χ2n) is 5.21. The third-order valence-electron chi connectivity index (χ3n) is 3.83. The molecule has 19 heavy (non-hydrogen) atoms. The number of aromatic hydroxyl groups is 1. The molecule has 0 aromatic heterocycles. The smallest absolute Gasteiger partial charge is 0.251 e. The van der Waals surface area contributed by atoms with E-state index in [1.165, 1.54) is 6.07 Å². The van der Waals surface area contributed by atoms with E-state index in [9.17, 15) is 15.0 Å². The molecule has 0 aliphatic heterocycles. The van der Waals surface area contributed by atoms with E-state index in [0.29, 0.717) is 16.6 Å². The van der Waals surface area contributed by atoms with Crippen molar-refractivity contribution >= 4 is 21.8 Å². The molecule has 1 fully saturated rings. The number of aliphatic hydroxyl groups excluding tert-OH is 1. The van der Waals surface area contributed by atoms with Crippen LogP contribution in [0, 0.1) is 5.41 Å². The SMILES string of the molecule is O=C(NCC1(CO)CCCC1)c1ccc(Br)c(O)c1. The van der Waals surface area contributed by atoms with E-state index in [1.807, 2.05) is 0 Å². The van der Waals surface area contributed by atoms with E-state index >= 15 is 0 Å². The van der Waals surface area contributed by atoms with E-state index in [4.69, 9.17) is 0 Å². The molecular weight excluding hydrogens is 310 g/mol. The number of carbonyl (C=O) groups is 1. The van der Waals surface area contributed by atoms with Gasteiger partial charge in [-0.1, -0.05) is 12.8 Å². The minimum Gasteiger partial charge on any atom is -0.507 e. The van der Waals surface area contributed by atoms with Crippen LogP contribution in [0.4, 0.5) is 0 Å². The van der Waals surface area contributed by atoms with Crippen LogP contribution >= 0.6 is 15.9 Å². The van der Waals surface area contributed by atoms with Gasteiger partial charge in [0.2, 0.25) is 0 Å². The maximum atomic E-state index is 12.0. The number of carbonyl (C=O) groups excluding carboxylic acids is 1. The molecule has 1 amide bonds. The molecule has 4 nitrogen and oxygen atoms in total. The normalized spacial score (nSPS) is 17.4. The molecule has 0 heterocycles. The molecule has 3 N–H and O–H groups in total. The highest BCUT2D eigenvalue weighted by Crippen LogP contribution is 2.37. The number of phenols is 1. The Morgan fingerprint density at radius 2 is 2.05 bits per heavy atom. The monoisotopic (exact) mass is 327 g/mol. The molecule has 1 aliphatic carbocycles. The molecular formula is C14H18BrNO3. The first kappa shape index (κ1) is 14.3. The summed E-state index contributed by atoms with van der Waals surface area (Å²) in [6, 6.07) is 4.72. The minimum absolute atomic E-state index is 0.0467. The number of amides is 1. The lowest BCUT2D eigenvalue weighted by molar-refractivity contribution is 0.0880. The van der Waals surface area contributed by atoms with Gasteiger partial charge >= 0.3 is 0 Å². The van der Waals surface area contributed by atoms with Crippen LogP contribution in [0.2, 0.25) is 0 Å². The predicted octanol–water partition coefficient (Wildman–Crippen LogP) is 2.44. The summed E-state index contributed by atoms with van der Waals surface area (Å²) in [6.45, 7) is 0.595. The fourth-order valence-electron chi connectivity index (χ4n) is 2.54. The fourth-order valence-corrected chi connectivity index (χ4v) is 2.79. The van der Waals surface area contributed by atoms with Crippen molar-refractivity contribution in [3.05, 3.63) is 28.2 Å². The Labute approximate surface area is 121 Å². The van der Waals surface area contributed by atoms with Gasteiger partial charge in [-0.15, -0.1) is 0 Å². The van der Waals surface area contributed by atoms with E-state index in [-0.39, 0.29) is 23.7 Å². The van der Waals surface area contributed by atoms with Crippen LogP contribution in [0.25, 0.3) is 0 Å². The molecule has 1 aliphatic rings. The van der Waals surface area contributed by atoms with Gasteiger partial charge in [-0.25, -0.2) is 0 Å². The van der Waals surface area contributed by atoms with Gasteiger partial charge in [0.25, 0.3) is 5.91 Å². The summed E-state index contributed by atoms with van der Waals surface area (Å²) in [6.07, 6.45) is 4.12. The summed E-state index contributed by atoms with van der Waals surface area (Å²) in [5, 5.41) is 21.9. The Hall–Kier alpha value is -1.07. The lowest BCUT2D eigenvalue weighted by atomic mass is 9.87. The van der Waals surface area contributed by atoms with Gasteiger partial charge in [0.05, 0.1) is 11.1 Å². The van der Waals surface area contributed by atoms with Gasteiger partial charge < -0.3 is 15.5 Å². The van der Waals surface area contributed by atoms with Crippen LogP contribution < -0.4 is 5.32 Å². The fraction of sp³-hybridized carbons (Fsp3) is 0.500. The summed E-state index contributed by atoms with van der Waals surface area (Å²) in [5.74, 6) is -0.173. The average Bonchev–Trinajstić information content (AvgIpc) is 2.89. The quantitative estimate of drug-likeness (QED) is 0.795. The van der Waals surface area contributed by atoms with Crippen molar-refractivity contribution in [1.82, 2.24) is 5.32 Å². The van der Waals surface area contributed by atoms with Crippen LogP contribution in [-0.2, 0) is 0 Å². The molecule has 0 unspecified atom stereocenters. The number of hydrogen-bond acceptors (Lipinski definition) is 3. The molecule has 1 aromatic carbocycles. The number of nitrogens with one attached hydrogen (secondary N) is 1. The number of benzene rings is 1. The van der Waals surface area contributed by atoms with Crippen molar-refractivity contribution in [1.29, 1.82) is 0 Å². The van der Waals surface area contributed by atoms with Crippen LogP contribution in [0.3, 0.4) is 0 Å². The Bertz CT molecular complexity index is 470. The maximum Gasteiger partial charge on any atom is 0.251 e. The van der Waals surface area contributed by atoms with Gasteiger partial charge in [-0.3, -0.25) is 4.79 Å². The molecule has 0 bridgehead atoms. The topological polar surface area (TPSA) is 69.6 Å². The van der Waals surface area contributed by atoms with Crippen molar-refractivity contribution in [3.8, 4) is 5.75 Å². The molecule has 1 saturated carbocycles. The van der Waals surface area contributed by atoms with Crippen molar-refractivity contribution in [2.45, 2.75) is 25.7 Å². The average molecular weight is 328 g/mol. The molecule has 1 aromatic rings. The van der Waals surface area contributed by atoms with Crippen LogP contribution in [0.15, 0.2) is 22.7 Å². The van der Waals surface area contributed by atoms with Crippen LogP contribution in [0.5, 0.6) is 5.75 Å². The van der Waals surface area contributed by atoms with Gasteiger partial charge in [-0.2, -0.15) is 0 Å². The summed E-state index contributed by atoms with van der Waals surface area (Å²) >= 11 is 3.18. The van der Waals surface area contributed by atoms with Crippen molar-refractivity contribution in [2.75, 3.05) is 13.2 Å². The lowest BCUT2D eigenvalue weighted by Crippen LogP contribution is -2.38. The second kappa shape index (κ2) is 5.92. The summed E-state index contributed by atoms with van der Waals surface area (Å²) < 4.78 is 0.562. The highest BCUT2D eigenvalue weighted by molar-refractivity contribution is 9.10. The van der Waals surface area contributed by atoms with Crippen molar-refractivity contribution < 1.29 is 15.0 Å². The van der Waals surface area contributed by atoms with E-state index < -0.39 is 0 Å². The number of rotatable bonds is 4. The van der Waals surface area contributed by atoms with E-state index in [1.54, 1.807) is 12.1 Å². The third-order valence-corrected chi connectivity index (χ3v) is 4.50. The molecule has 104 valence electrons. The molecule has 0 radical (unpaired) electrons. The highest BCUT2D eigenvalue weighted by atomic mass is 79.9. The molecule has 0 saturated heterocycles. The van der Waals surface area contributed by atoms with Crippen molar-refractivity contribution in [3.63, 3.8) is 0 Å². The van der Waals surface area contributed by atoms with Crippen LogP contribution in [0.1, 0.15) is 36.0 Å². The third kappa shape index (κ3) is 3.28. The Balaban J connectivity index is 1.99. The summed E-state index contributed by atoms with van der Waals surface area (Å²) in [7, 11) is 0. The standard InChI is InChI=1S/C14H18BrNO3/c15-11-4-3-10(7-12(11)18)13(19)16-8-14(9-17)5-1-2-6-14/h3-4,7,17-18H,1-2,5-6,8-9H2,(H,16,19). The first-order valence-electron chi connectivity index (χ1n) is 6.44. The van der Waals surface area contributed by atoms with Gasteiger partial charge in [-0.05, 0) is 47.0 Å². The highest BCUT2D eigenvalue weighted by Gasteiger charge is 2.33. The number of halogens is 1. The molecule has 5 heteroatoms. The number of hydrogen-bond donors (Lipinski definition) is 3. The van der Waals surface area contributed by atoms with Gasteiger partial charge in [0, 0.05) is 17.5 Å². The van der Waals surface area contributed by atoms with Gasteiger partial charge in [0.15, 0.2) is 0 Å². The Morgan fingerprint density at radius 3 is 2.63 bits per heavy atom. The van der Waals surface area contributed by atoms with E-state index in [0.717, 1.165) is 25.7 Å². The first-order chi connectivity index (χ1) is 9.06. The second-order valence-corrected chi connectivity index (χ2v) is 6.07. The van der Waals surface area contributed by atoms with E-state index in [2.05, 4.69) is 21.2 Å². The zero-order valence-electron chi connectivity index (χ0n) is 10.7. The lowest BCUT2D eigenvalue weighted by Gasteiger charge is -2.26. The Kier molecular flexibility index (Phi) is 4.47. The maximum absolute atomic E-state index is 12.0. The first-order valence-corrected chi connectivity index (χ1v) is 7.23. The number of aliphatic hydroxyl groups is 1. The van der Waals surface area contributed by atoms with Crippen molar-refractivity contribution in [2.24, 2.45) is 5.41 Å². The molecule has 0 spiro atoms. The molecule has 2 rings (SSSR count). The zero-order chi connectivity index (χ0) is 13.9. The zero-order valence-corrected chi connectivity index (χ0v) is 12.2. The van der Waals surface area contributed by atoms with Crippen LogP contribution in [-0.4, -0.2) is 29.3 Å². The predicted molar refractivity (Wildman–Crippen MR) is 76.1 cm³/mol. The molecule has 0 atom stereocenters. The minimum atomic E-state index is -0.220. The number of phenolic OH excluding ortho intramolecular Hbond substituents is 1. The summed E-state index contributed by atoms with van der Waals surface area (Å²) in [4.78, 5) is 12.0. The summed E-state index contributed by atoms with van der Waals surface area (Å²) in [5.41, 5.74) is 0.263. The Morgan fingerprint density at radius 1 is 1.37 bits per heavy atom.